The lowest BCUT2D eigenvalue weighted by atomic mass is 9.77. The maximum Gasteiger partial charge on any atom is 0.272 e. The first-order valence-corrected chi connectivity index (χ1v) is 21.9. The zero-order chi connectivity index (χ0) is 40.5. The van der Waals surface area contributed by atoms with E-state index in [1.54, 1.807) is 35.6 Å². The second-order valence-corrected chi connectivity index (χ2v) is 18.6. The van der Waals surface area contributed by atoms with Crippen LogP contribution in [0, 0.1) is 37.5 Å². The van der Waals surface area contributed by atoms with Crippen LogP contribution in [0.15, 0.2) is 53.7 Å². The molecular weight excluding hydrogens is 782 g/mol. The predicted molar refractivity (Wildman–Crippen MR) is 227 cm³/mol. The first-order chi connectivity index (χ1) is 28.6. The number of nitrogens with zero attached hydrogens (tertiary/aromatic N) is 10. The van der Waals surface area contributed by atoms with Crippen molar-refractivity contribution in [3.05, 3.63) is 98.3 Å². The van der Waals surface area contributed by atoms with Crippen molar-refractivity contribution >= 4 is 46.1 Å². The van der Waals surface area contributed by atoms with Crippen LogP contribution in [0.25, 0.3) is 5.00 Å². The molecule has 10 rings (SSSR count). The molecule has 2 saturated heterocycles. The van der Waals surface area contributed by atoms with E-state index in [1.807, 2.05) is 19.2 Å². The van der Waals surface area contributed by atoms with Gasteiger partial charge in [0.05, 0.1) is 40.0 Å². The molecule has 1 N–H and O–H groups in total. The summed E-state index contributed by atoms with van der Waals surface area (Å²) in [6, 6.07) is 15.4. The highest BCUT2D eigenvalue weighted by Crippen LogP contribution is 2.53. The molecule has 0 radical (unpaired) electrons. The second-order valence-electron chi connectivity index (χ2n) is 17.0. The topological polar surface area (TPSA) is 150 Å². The Labute approximate surface area is 352 Å². The van der Waals surface area contributed by atoms with E-state index >= 15 is 0 Å². The lowest BCUT2D eigenvalue weighted by Crippen LogP contribution is -2.42. The summed E-state index contributed by atoms with van der Waals surface area (Å²) in [5.41, 5.74) is 6.09. The number of aromatic nitrogens is 6. The Kier molecular flexibility index (Phi) is 9.44. The van der Waals surface area contributed by atoms with Crippen molar-refractivity contribution < 1.29 is 9.53 Å². The maximum absolute atomic E-state index is 13.1. The smallest absolute Gasteiger partial charge is 0.272 e. The van der Waals surface area contributed by atoms with Gasteiger partial charge in [-0.2, -0.15) is 5.26 Å². The Morgan fingerprint density at radius 3 is 2.39 bits per heavy atom. The fourth-order valence-electron chi connectivity index (χ4n) is 9.45. The minimum atomic E-state index is -0.321. The van der Waals surface area contributed by atoms with Crippen LogP contribution >= 0.6 is 22.9 Å². The summed E-state index contributed by atoms with van der Waals surface area (Å²) < 4.78 is 8.34. The van der Waals surface area contributed by atoms with Crippen LogP contribution in [-0.4, -0.2) is 79.9 Å². The minimum absolute atomic E-state index is 0.0355. The van der Waals surface area contributed by atoms with E-state index in [0.29, 0.717) is 22.0 Å². The normalized spacial score (nSPS) is 21.4. The number of fused-ring (bicyclic) bond motifs is 4. The zero-order valence-electron chi connectivity index (χ0n) is 33.5. The van der Waals surface area contributed by atoms with E-state index in [-0.39, 0.29) is 29.0 Å². The molecule has 2 saturated carbocycles. The van der Waals surface area contributed by atoms with Gasteiger partial charge >= 0.3 is 0 Å². The van der Waals surface area contributed by atoms with Crippen molar-refractivity contribution in [3.8, 4) is 16.8 Å². The van der Waals surface area contributed by atoms with Crippen molar-refractivity contribution in [2.75, 3.05) is 36.0 Å². The summed E-state index contributed by atoms with van der Waals surface area (Å²) in [6.07, 6.45) is 10.5. The van der Waals surface area contributed by atoms with Crippen LogP contribution < -0.4 is 19.9 Å². The average Bonchev–Trinajstić information content (AvgIpc) is 3.65. The molecular formula is C44H46ClN11O2S. The van der Waals surface area contributed by atoms with E-state index in [0.717, 1.165) is 129 Å². The number of aryl methyl sites for hydroxylation is 2. The largest absolute Gasteiger partial charge is 0.490 e. The summed E-state index contributed by atoms with van der Waals surface area (Å²) in [6.45, 7) is 10.2. The van der Waals surface area contributed by atoms with Crippen molar-refractivity contribution in [2.45, 2.75) is 96.2 Å². The summed E-state index contributed by atoms with van der Waals surface area (Å²) >= 11 is 7.96. The number of hydrogen-bond acceptors (Lipinski definition) is 12. The van der Waals surface area contributed by atoms with Crippen LogP contribution in [0.2, 0.25) is 5.02 Å². The maximum atomic E-state index is 13.1. The number of amides is 1. The Balaban J connectivity index is 0.730. The standard InChI is InChI=1S/C44H46ClN11O2S/c1-26-27(2)59-41-38(26)39(49-44(14-15-44)42-53-50-28(3)56(41)42)35-11-7-31(24-47-35)54-19-16-43(17-20-54)18-21-55(25-43)37-13-12-36(51-52-37)40(57)48-30-5-9-32(10-6-30)58-33-8-4-29(23-46)34(45)22-33/h4,7-8,11-13,22,24,30,32H,5-6,9-10,14-21,25H2,1-3H3,(H,48,57). The number of carbonyl (C=O) groups is 1. The number of nitriles is 1. The molecule has 5 aliphatic rings. The highest BCUT2D eigenvalue weighted by molar-refractivity contribution is 7.15. The Morgan fingerprint density at radius 1 is 0.932 bits per heavy atom. The van der Waals surface area contributed by atoms with Gasteiger partial charge in [0.15, 0.2) is 17.3 Å². The number of nitrogens with one attached hydrogen (secondary N) is 1. The number of ether oxygens (including phenoxy) is 1. The fourth-order valence-corrected chi connectivity index (χ4v) is 10.9. The number of pyridine rings is 1. The van der Waals surface area contributed by atoms with Gasteiger partial charge in [-0.05, 0) is 126 Å². The van der Waals surface area contributed by atoms with Gasteiger partial charge in [-0.15, -0.1) is 31.7 Å². The van der Waals surface area contributed by atoms with Crippen molar-refractivity contribution in [2.24, 2.45) is 10.4 Å². The number of benzene rings is 1. The van der Waals surface area contributed by atoms with E-state index in [2.05, 4.69) is 72.1 Å². The van der Waals surface area contributed by atoms with Crippen LogP contribution in [0.5, 0.6) is 5.75 Å². The third kappa shape index (κ3) is 6.91. The lowest BCUT2D eigenvalue weighted by Gasteiger charge is -2.40. The van der Waals surface area contributed by atoms with Gasteiger partial charge < -0.3 is 19.9 Å². The molecule has 1 aromatic carbocycles. The quantitative estimate of drug-likeness (QED) is 0.176. The Morgan fingerprint density at radius 2 is 1.71 bits per heavy atom. The van der Waals surface area contributed by atoms with Gasteiger partial charge in [-0.25, -0.2) is 0 Å². The number of aliphatic imine (C=N–C) groups is 1. The summed E-state index contributed by atoms with van der Waals surface area (Å²) in [4.78, 5) is 29.7. The van der Waals surface area contributed by atoms with Gasteiger partial charge in [0.25, 0.3) is 5.91 Å². The van der Waals surface area contributed by atoms with Gasteiger partial charge in [0.2, 0.25) is 0 Å². The lowest BCUT2D eigenvalue weighted by molar-refractivity contribution is 0.0888. The number of carbonyl (C=O) groups excluding carboxylic acids is 1. The Bertz CT molecular complexity index is 2500. The van der Waals surface area contributed by atoms with E-state index in [9.17, 15) is 4.79 Å². The first kappa shape index (κ1) is 37.9. The molecule has 4 fully saturated rings. The molecule has 7 heterocycles. The molecule has 3 aliphatic heterocycles. The van der Waals surface area contributed by atoms with Gasteiger partial charge in [0, 0.05) is 48.7 Å². The number of anilines is 2. The molecule has 13 nitrogen and oxygen atoms in total. The summed E-state index contributed by atoms with van der Waals surface area (Å²) in [7, 11) is 0. The van der Waals surface area contributed by atoms with Gasteiger partial charge in [0.1, 0.15) is 28.2 Å². The molecule has 15 heteroatoms. The molecule has 302 valence electrons. The third-order valence-corrected chi connectivity index (χ3v) is 14.8. The highest BCUT2D eigenvalue weighted by Gasteiger charge is 2.52. The molecule has 5 aromatic rings. The average molecular weight is 828 g/mol. The zero-order valence-corrected chi connectivity index (χ0v) is 35.1. The van der Waals surface area contributed by atoms with Crippen LogP contribution in [-0.2, 0) is 5.54 Å². The molecule has 2 aliphatic carbocycles. The molecule has 2 spiro atoms. The van der Waals surface area contributed by atoms with Crippen LogP contribution in [0.3, 0.4) is 0 Å². The molecule has 0 bridgehead atoms. The monoisotopic (exact) mass is 827 g/mol. The van der Waals surface area contributed by atoms with E-state index < -0.39 is 0 Å². The van der Waals surface area contributed by atoms with E-state index in [4.69, 9.17) is 31.6 Å². The number of thiophene rings is 1. The number of halogens is 1. The molecule has 1 amide bonds. The summed E-state index contributed by atoms with van der Waals surface area (Å²) in [5, 5.41) is 31.8. The van der Waals surface area contributed by atoms with Crippen molar-refractivity contribution in [1.82, 2.24) is 35.3 Å². The molecule has 4 aromatic heterocycles. The highest BCUT2D eigenvalue weighted by atomic mass is 35.5. The van der Waals surface area contributed by atoms with Crippen molar-refractivity contribution in [3.63, 3.8) is 0 Å². The van der Waals surface area contributed by atoms with Gasteiger partial charge in [-0.3, -0.25) is 19.3 Å². The van der Waals surface area contributed by atoms with Crippen LogP contribution in [0.1, 0.15) is 107 Å². The SMILES string of the molecule is Cc1sc2c(c1C)C(c1ccc(N3CCC4(CC3)CCN(c3ccc(C(=O)NC5CCC(Oc6ccc(C#N)c(Cl)c6)CC5)nn3)C4)cn1)=NC1(CC1)c1nnc(C)n1-2. The predicted octanol–water partition coefficient (Wildman–Crippen LogP) is 7.42. The van der Waals surface area contributed by atoms with Crippen LogP contribution in [0.4, 0.5) is 11.5 Å². The second kappa shape index (κ2) is 14.7. The third-order valence-electron chi connectivity index (χ3n) is 13.3. The number of rotatable bonds is 7. The van der Waals surface area contributed by atoms with E-state index in [1.165, 1.54) is 10.4 Å². The van der Waals surface area contributed by atoms with Crippen molar-refractivity contribution in [1.29, 1.82) is 5.26 Å². The minimum Gasteiger partial charge on any atom is -0.490 e. The Hall–Kier alpha value is -5.39. The molecule has 0 atom stereocenters. The summed E-state index contributed by atoms with van der Waals surface area (Å²) in [5.74, 6) is 3.14. The molecule has 0 unspecified atom stereocenters. The molecule has 59 heavy (non-hydrogen) atoms. The number of piperidine rings is 1. The van der Waals surface area contributed by atoms with Gasteiger partial charge in [-0.1, -0.05) is 11.6 Å². The first-order valence-electron chi connectivity index (χ1n) is 20.7. The fraction of sp³-hybridized carbons (Fsp3) is 0.455. The number of hydrogen-bond donors (Lipinski definition) is 1.